The van der Waals surface area contributed by atoms with Gasteiger partial charge in [0, 0.05) is 30.4 Å². The van der Waals surface area contributed by atoms with Gasteiger partial charge >= 0.3 is 5.97 Å². The zero-order valence-electron chi connectivity index (χ0n) is 14.3. The van der Waals surface area contributed by atoms with Crippen molar-refractivity contribution in [2.24, 2.45) is 5.73 Å². The molecule has 0 spiro atoms. The SMILES string of the molecule is CC(=O)O.CCCCCC(=O)Oc1ccc2[nH]cc(CCN)c2c1. The van der Waals surface area contributed by atoms with Crippen LogP contribution in [0.4, 0.5) is 0 Å². The Labute approximate surface area is 142 Å². The molecule has 1 heterocycles. The van der Waals surface area contributed by atoms with Gasteiger partial charge in [-0.3, -0.25) is 9.59 Å². The lowest BCUT2D eigenvalue weighted by Crippen LogP contribution is -2.07. The number of carbonyl (C=O) groups is 2. The van der Waals surface area contributed by atoms with Crippen molar-refractivity contribution in [1.29, 1.82) is 0 Å². The number of hydrogen-bond donors (Lipinski definition) is 3. The zero-order valence-corrected chi connectivity index (χ0v) is 14.3. The quantitative estimate of drug-likeness (QED) is 0.409. The Morgan fingerprint density at radius 2 is 2.00 bits per heavy atom. The Morgan fingerprint density at radius 3 is 2.62 bits per heavy atom. The van der Waals surface area contributed by atoms with Crippen LogP contribution in [0.2, 0.25) is 0 Å². The van der Waals surface area contributed by atoms with Crippen LogP contribution in [0, 0.1) is 0 Å². The second kappa shape index (κ2) is 10.4. The van der Waals surface area contributed by atoms with E-state index in [9.17, 15) is 4.79 Å². The molecule has 132 valence electrons. The van der Waals surface area contributed by atoms with E-state index < -0.39 is 5.97 Å². The lowest BCUT2D eigenvalue weighted by molar-refractivity contribution is -0.135. The number of nitrogens with two attached hydrogens (primary N) is 1. The standard InChI is InChI=1S/C16H22N2O2.C2H4O2/c1-2-3-4-5-16(19)20-13-6-7-15-14(10-13)12(8-9-17)11-18-15;1-2(3)4/h6-7,10-11,18H,2-5,8-9,17H2,1H3;1H3,(H,3,4). The van der Waals surface area contributed by atoms with Gasteiger partial charge in [-0.2, -0.15) is 0 Å². The van der Waals surface area contributed by atoms with Crippen LogP contribution >= 0.6 is 0 Å². The number of carboxylic acids is 1. The van der Waals surface area contributed by atoms with E-state index in [1.807, 2.05) is 24.4 Å². The summed E-state index contributed by atoms with van der Waals surface area (Å²) in [6.07, 6.45) is 6.31. The molecule has 6 nitrogen and oxygen atoms in total. The minimum atomic E-state index is -0.833. The molecule has 0 fully saturated rings. The summed E-state index contributed by atoms with van der Waals surface area (Å²) in [7, 11) is 0. The van der Waals surface area contributed by atoms with Gasteiger partial charge in [0.05, 0.1) is 0 Å². The van der Waals surface area contributed by atoms with Gasteiger partial charge in [0.2, 0.25) is 0 Å². The Balaban J connectivity index is 0.000000648. The number of hydrogen-bond acceptors (Lipinski definition) is 4. The number of carboxylic acid groups (broad SMARTS) is 1. The van der Waals surface area contributed by atoms with Crippen molar-refractivity contribution in [2.75, 3.05) is 6.54 Å². The van der Waals surface area contributed by atoms with Gasteiger partial charge < -0.3 is 20.6 Å². The molecule has 0 bridgehead atoms. The summed E-state index contributed by atoms with van der Waals surface area (Å²) in [5, 5.41) is 8.49. The number of unbranched alkanes of at least 4 members (excludes halogenated alkanes) is 2. The first-order chi connectivity index (χ1) is 11.5. The monoisotopic (exact) mass is 334 g/mol. The predicted octanol–water partition coefficient (Wildman–Crippen LogP) is 3.25. The van der Waals surface area contributed by atoms with Crippen LogP contribution in [-0.4, -0.2) is 28.6 Å². The van der Waals surface area contributed by atoms with E-state index in [2.05, 4.69) is 11.9 Å². The molecule has 2 rings (SSSR count). The highest BCUT2D eigenvalue weighted by atomic mass is 16.5. The molecule has 0 unspecified atom stereocenters. The Hall–Kier alpha value is -2.34. The molecule has 1 aromatic carbocycles. The number of aliphatic carboxylic acids is 1. The third-order valence-electron chi connectivity index (χ3n) is 3.37. The topological polar surface area (TPSA) is 105 Å². The van der Waals surface area contributed by atoms with Crippen molar-refractivity contribution in [3.05, 3.63) is 30.0 Å². The van der Waals surface area contributed by atoms with Gasteiger partial charge in [-0.15, -0.1) is 0 Å². The zero-order chi connectivity index (χ0) is 17.9. The second-order valence-corrected chi connectivity index (χ2v) is 5.51. The molecule has 0 aliphatic carbocycles. The molecule has 6 heteroatoms. The average molecular weight is 334 g/mol. The summed E-state index contributed by atoms with van der Waals surface area (Å²) in [6.45, 7) is 3.80. The summed E-state index contributed by atoms with van der Waals surface area (Å²) in [6, 6.07) is 5.67. The minimum absolute atomic E-state index is 0.159. The van der Waals surface area contributed by atoms with E-state index in [0.29, 0.717) is 18.7 Å². The first kappa shape index (κ1) is 19.7. The lowest BCUT2D eigenvalue weighted by Gasteiger charge is -2.05. The number of carbonyl (C=O) groups excluding carboxylic acids is 1. The number of ether oxygens (including phenoxy) is 1. The molecule has 0 aliphatic heterocycles. The fraction of sp³-hybridized carbons (Fsp3) is 0.444. The van der Waals surface area contributed by atoms with E-state index in [0.717, 1.165) is 49.1 Å². The number of benzene rings is 1. The summed E-state index contributed by atoms with van der Waals surface area (Å²) < 4.78 is 5.39. The molecule has 2 aromatic rings. The van der Waals surface area contributed by atoms with Crippen LogP contribution in [0.5, 0.6) is 5.75 Å². The molecule has 1 aromatic heterocycles. The first-order valence-corrected chi connectivity index (χ1v) is 8.18. The van der Waals surface area contributed by atoms with E-state index in [1.54, 1.807) is 0 Å². The normalized spacial score (nSPS) is 10.1. The Morgan fingerprint density at radius 1 is 1.29 bits per heavy atom. The molecule has 4 N–H and O–H groups in total. The number of nitrogens with one attached hydrogen (secondary N) is 1. The number of fused-ring (bicyclic) bond motifs is 1. The fourth-order valence-electron chi connectivity index (χ4n) is 2.29. The summed E-state index contributed by atoms with van der Waals surface area (Å²) >= 11 is 0. The van der Waals surface area contributed by atoms with Gasteiger partial charge in [0.1, 0.15) is 5.75 Å². The van der Waals surface area contributed by atoms with Crippen LogP contribution in [0.25, 0.3) is 10.9 Å². The van der Waals surface area contributed by atoms with Gasteiger partial charge in [-0.25, -0.2) is 0 Å². The molecule has 0 amide bonds. The average Bonchev–Trinajstić information content (AvgIpc) is 2.90. The highest BCUT2D eigenvalue weighted by molar-refractivity contribution is 5.85. The Kier molecular flexibility index (Phi) is 8.57. The maximum Gasteiger partial charge on any atom is 0.311 e. The molecular weight excluding hydrogens is 308 g/mol. The highest BCUT2D eigenvalue weighted by Gasteiger charge is 2.08. The van der Waals surface area contributed by atoms with Gasteiger partial charge in [0.25, 0.3) is 5.97 Å². The molecule has 0 aliphatic rings. The van der Waals surface area contributed by atoms with E-state index >= 15 is 0 Å². The number of aromatic nitrogens is 1. The van der Waals surface area contributed by atoms with Crippen molar-refractivity contribution in [3.63, 3.8) is 0 Å². The number of H-pyrrole nitrogens is 1. The van der Waals surface area contributed by atoms with Crippen molar-refractivity contribution >= 4 is 22.8 Å². The number of aromatic amines is 1. The summed E-state index contributed by atoms with van der Waals surface area (Å²) in [4.78, 5) is 23.9. The van der Waals surface area contributed by atoms with Crippen LogP contribution in [0.1, 0.15) is 45.1 Å². The first-order valence-electron chi connectivity index (χ1n) is 8.18. The second-order valence-electron chi connectivity index (χ2n) is 5.51. The Bertz CT molecular complexity index is 660. The van der Waals surface area contributed by atoms with E-state index in [4.69, 9.17) is 20.4 Å². The molecule has 0 atom stereocenters. The summed E-state index contributed by atoms with van der Waals surface area (Å²) in [5.74, 6) is -0.384. The van der Waals surface area contributed by atoms with Crippen molar-refractivity contribution in [3.8, 4) is 5.75 Å². The smallest absolute Gasteiger partial charge is 0.311 e. The summed E-state index contributed by atoms with van der Waals surface area (Å²) in [5.41, 5.74) is 7.80. The van der Waals surface area contributed by atoms with Crippen molar-refractivity contribution in [2.45, 2.75) is 46.0 Å². The lowest BCUT2D eigenvalue weighted by atomic mass is 10.1. The molecule has 24 heavy (non-hydrogen) atoms. The van der Waals surface area contributed by atoms with Gasteiger partial charge in [-0.1, -0.05) is 19.8 Å². The molecular formula is C18H26N2O4. The van der Waals surface area contributed by atoms with Gasteiger partial charge in [0.15, 0.2) is 0 Å². The predicted molar refractivity (Wildman–Crippen MR) is 94.1 cm³/mol. The van der Waals surface area contributed by atoms with Crippen molar-refractivity contribution in [1.82, 2.24) is 4.98 Å². The maximum atomic E-state index is 11.7. The van der Waals surface area contributed by atoms with E-state index in [1.165, 1.54) is 0 Å². The van der Waals surface area contributed by atoms with Crippen LogP contribution in [-0.2, 0) is 16.0 Å². The highest BCUT2D eigenvalue weighted by Crippen LogP contribution is 2.24. The third-order valence-corrected chi connectivity index (χ3v) is 3.37. The molecule has 0 saturated carbocycles. The fourth-order valence-corrected chi connectivity index (χ4v) is 2.29. The minimum Gasteiger partial charge on any atom is -0.481 e. The molecule has 0 saturated heterocycles. The third kappa shape index (κ3) is 6.83. The maximum absolute atomic E-state index is 11.7. The van der Waals surface area contributed by atoms with Gasteiger partial charge in [-0.05, 0) is 43.1 Å². The van der Waals surface area contributed by atoms with Crippen LogP contribution < -0.4 is 10.5 Å². The van der Waals surface area contributed by atoms with Crippen molar-refractivity contribution < 1.29 is 19.4 Å². The van der Waals surface area contributed by atoms with Crippen LogP contribution in [0.3, 0.4) is 0 Å². The van der Waals surface area contributed by atoms with Crippen LogP contribution in [0.15, 0.2) is 24.4 Å². The van der Waals surface area contributed by atoms with E-state index in [-0.39, 0.29) is 5.97 Å². The largest absolute Gasteiger partial charge is 0.481 e. The number of esters is 1. The number of rotatable bonds is 7. The molecule has 0 radical (unpaired) electrons.